The average Bonchev–Trinajstić information content (AvgIpc) is 2.41. The van der Waals surface area contributed by atoms with Gasteiger partial charge in [0.15, 0.2) is 0 Å². The molecule has 0 heterocycles. The molecule has 0 bridgehead atoms. The standard InChI is InChI=1S/C15H20Cl2N2O/c1-2-3-4-5-6-7-10-18-19-15(20)13-9-8-12(16)11-14(13)17/h8-11H,2-7H2,1H3,(H,19,20)/b18-10+. The molecule has 0 aliphatic heterocycles. The van der Waals surface area contributed by atoms with Crippen LogP contribution in [-0.2, 0) is 0 Å². The number of nitrogens with one attached hydrogen (secondary N) is 1. The number of carbonyl (C=O) groups is 1. The van der Waals surface area contributed by atoms with E-state index < -0.39 is 0 Å². The Hall–Kier alpha value is -1.06. The van der Waals surface area contributed by atoms with E-state index in [2.05, 4.69) is 17.5 Å². The highest BCUT2D eigenvalue weighted by molar-refractivity contribution is 6.36. The van der Waals surface area contributed by atoms with E-state index in [0.717, 1.165) is 12.8 Å². The largest absolute Gasteiger partial charge is 0.272 e. The van der Waals surface area contributed by atoms with Gasteiger partial charge < -0.3 is 0 Å². The molecule has 110 valence electrons. The van der Waals surface area contributed by atoms with Gasteiger partial charge in [-0.2, -0.15) is 5.10 Å². The molecule has 1 rings (SSSR count). The normalized spacial score (nSPS) is 10.9. The van der Waals surface area contributed by atoms with Gasteiger partial charge in [-0.15, -0.1) is 0 Å². The molecule has 1 aromatic rings. The van der Waals surface area contributed by atoms with Crippen molar-refractivity contribution in [1.82, 2.24) is 5.43 Å². The topological polar surface area (TPSA) is 41.5 Å². The Morgan fingerprint density at radius 1 is 1.25 bits per heavy atom. The molecule has 0 aromatic heterocycles. The van der Waals surface area contributed by atoms with Crippen molar-refractivity contribution >= 4 is 35.3 Å². The minimum atomic E-state index is -0.325. The Morgan fingerprint density at radius 3 is 2.70 bits per heavy atom. The van der Waals surface area contributed by atoms with Crippen LogP contribution in [0.5, 0.6) is 0 Å². The van der Waals surface area contributed by atoms with E-state index in [1.165, 1.54) is 31.7 Å². The van der Waals surface area contributed by atoms with Crippen LogP contribution >= 0.6 is 23.2 Å². The van der Waals surface area contributed by atoms with Crippen molar-refractivity contribution < 1.29 is 4.79 Å². The molecule has 0 saturated heterocycles. The van der Waals surface area contributed by atoms with Crippen LogP contribution in [0.2, 0.25) is 10.0 Å². The lowest BCUT2D eigenvalue weighted by Crippen LogP contribution is -2.17. The fourth-order valence-corrected chi connectivity index (χ4v) is 2.24. The molecule has 0 radical (unpaired) electrons. The number of hydrogen-bond donors (Lipinski definition) is 1. The summed E-state index contributed by atoms with van der Waals surface area (Å²) in [5.74, 6) is -0.325. The van der Waals surface area contributed by atoms with Crippen molar-refractivity contribution in [3.63, 3.8) is 0 Å². The number of hydrogen-bond acceptors (Lipinski definition) is 2. The molecule has 0 aliphatic rings. The average molecular weight is 315 g/mol. The molecule has 0 spiro atoms. The maximum atomic E-state index is 11.8. The minimum absolute atomic E-state index is 0.324. The molecule has 0 atom stereocenters. The number of nitrogens with zero attached hydrogens (tertiary/aromatic N) is 1. The van der Waals surface area contributed by atoms with Gasteiger partial charge in [0.25, 0.3) is 5.91 Å². The van der Waals surface area contributed by atoms with E-state index >= 15 is 0 Å². The van der Waals surface area contributed by atoms with Crippen LogP contribution in [0.3, 0.4) is 0 Å². The van der Waals surface area contributed by atoms with E-state index in [-0.39, 0.29) is 5.91 Å². The van der Waals surface area contributed by atoms with Gasteiger partial charge in [-0.3, -0.25) is 4.79 Å². The van der Waals surface area contributed by atoms with Crippen molar-refractivity contribution in [2.75, 3.05) is 0 Å². The second kappa shape index (κ2) is 9.78. The maximum Gasteiger partial charge on any atom is 0.272 e. The van der Waals surface area contributed by atoms with Crippen LogP contribution in [0.15, 0.2) is 23.3 Å². The highest BCUT2D eigenvalue weighted by atomic mass is 35.5. The zero-order chi connectivity index (χ0) is 14.8. The Bertz CT molecular complexity index is 461. The number of benzene rings is 1. The summed E-state index contributed by atoms with van der Waals surface area (Å²) in [6, 6.07) is 4.75. The summed E-state index contributed by atoms with van der Waals surface area (Å²) in [4.78, 5) is 11.8. The maximum absolute atomic E-state index is 11.8. The lowest BCUT2D eigenvalue weighted by molar-refractivity contribution is 0.0955. The number of halogens is 2. The number of carbonyl (C=O) groups excluding carboxylic acids is 1. The number of hydrazone groups is 1. The van der Waals surface area contributed by atoms with Gasteiger partial charge in [-0.05, 0) is 31.0 Å². The van der Waals surface area contributed by atoms with Crippen LogP contribution in [-0.4, -0.2) is 12.1 Å². The third-order valence-corrected chi connectivity index (χ3v) is 3.42. The summed E-state index contributed by atoms with van der Waals surface area (Å²) in [6.07, 6.45) is 8.69. The Kier molecular flexibility index (Phi) is 8.31. The first kappa shape index (κ1) is 17.0. The molecule has 1 aromatic carbocycles. The van der Waals surface area contributed by atoms with Gasteiger partial charge in [0.2, 0.25) is 0 Å². The molecular weight excluding hydrogens is 295 g/mol. The van der Waals surface area contributed by atoms with Gasteiger partial charge in [0.1, 0.15) is 0 Å². The molecule has 0 aliphatic carbocycles. The van der Waals surface area contributed by atoms with Gasteiger partial charge in [0, 0.05) is 11.2 Å². The van der Waals surface area contributed by atoms with Gasteiger partial charge >= 0.3 is 0 Å². The highest BCUT2D eigenvalue weighted by Crippen LogP contribution is 2.20. The predicted molar refractivity (Wildman–Crippen MR) is 85.8 cm³/mol. The second-order valence-corrected chi connectivity index (χ2v) is 5.42. The van der Waals surface area contributed by atoms with E-state index in [1.807, 2.05) is 0 Å². The molecular formula is C15H20Cl2N2O. The van der Waals surface area contributed by atoms with Crippen LogP contribution in [0.1, 0.15) is 55.8 Å². The fourth-order valence-electron chi connectivity index (χ4n) is 1.74. The fraction of sp³-hybridized carbons (Fsp3) is 0.467. The lowest BCUT2D eigenvalue weighted by atomic mass is 10.1. The zero-order valence-electron chi connectivity index (χ0n) is 11.7. The molecule has 3 nitrogen and oxygen atoms in total. The number of unbranched alkanes of at least 4 members (excludes halogenated alkanes) is 5. The van der Waals surface area contributed by atoms with E-state index in [9.17, 15) is 4.79 Å². The molecule has 0 unspecified atom stereocenters. The molecule has 1 amide bonds. The predicted octanol–water partition coefficient (Wildman–Crippen LogP) is 5.07. The summed E-state index contributed by atoms with van der Waals surface area (Å²) in [5.41, 5.74) is 2.84. The number of rotatable bonds is 8. The van der Waals surface area contributed by atoms with E-state index in [4.69, 9.17) is 23.2 Å². The summed E-state index contributed by atoms with van der Waals surface area (Å²) < 4.78 is 0. The number of amides is 1. The summed E-state index contributed by atoms with van der Waals surface area (Å²) in [5, 5.41) is 4.74. The van der Waals surface area contributed by atoms with Crippen LogP contribution < -0.4 is 5.43 Å². The van der Waals surface area contributed by atoms with E-state index in [1.54, 1.807) is 18.3 Å². The quantitative estimate of drug-likeness (QED) is 0.406. The van der Waals surface area contributed by atoms with Crippen molar-refractivity contribution in [2.24, 2.45) is 5.10 Å². The first-order valence-corrected chi connectivity index (χ1v) is 7.67. The summed E-state index contributed by atoms with van der Waals surface area (Å²) in [7, 11) is 0. The molecule has 1 N–H and O–H groups in total. The first-order chi connectivity index (χ1) is 9.65. The monoisotopic (exact) mass is 314 g/mol. The summed E-state index contributed by atoms with van der Waals surface area (Å²) in [6.45, 7) is 2.19. The molecule has 0 saturated carbocycles. The van der Waals surface area contributed by atoms with Gasteiger partial charge in [-0.25, -0.2) is 5.43 Å². The second-order valence-electron chi connectivity index (χ2n) is 4.58. The summed E-state index contributed by atoms with van der Waals surface area (Å²) >= 11 is 11.7. The SMILES string of the molecule is CCCCCCC/C=N/NC(=O)c1ccc(Cl)cc1Cl. The highest BCUT2D eigenvalue weighted by Gasteiger charge is 2.09. The smallest absolute Gasteiger partial charge is 0.267 e. The Morgan fingerprint density at radius 2 is 2.00 bits per heavy atom. The molecule has 5 heteroatoms. The molecule has 20 heavy (non-hydrogen) atoms. The van der Waals surface area contributed by atoms with Crippen molar-refractivity contribution in [3.8, 4) is 0 Å². The molecule has 0 fully saturated rings. The van der Waals surface area contributed by atoms with Crippen molar-refractivity contribution in [2.45, 2.75) is 45.4 Å². The Balaban J connectivity index is 2.29. The van der Waals surface area contributed by atoms with Gasteiger partial charge in [0.05, 0.1) is 10.6 Å². The van der Waals surface area contributed by atoms with Crippen molar-refractivity contribution in [3.05, 3.63) is 33.8 Å². The minimum Gasteiger partial charge on any atom is -0.267 e. The van der Waals surface area contributed by atoms with Crippen LogP contribution in [0.4, 0.5) is 0 Å². The van der Waals surface area contributed by atoms with E-state index in [0.29, 0.717) is 15.6 Å². The third-order valence-electron chi connectivity index (χ3n) is 2.87. The van der Waals surface area contributed by atoms with Crippen molar-refractivity contribution in [1.29, 1.82) is 0 Å². The first-order valence-electron chi connectivity index (χ1n) is 6.92. The van der Waals surface area contributed by atoms with Crippen LogP contribution in [0.25, 0.3) is 0 Å². The Labute approximate surface area is 130 Å². The van der Waals surface area contributed by atoms with Crippen LogP contribution in [0, 0.1) is 0 Å². The zero-order valence-corrected chi connectivity index (χ0v) is 13.2. The van der Waals surface area contributed by atoms with Gasteiger partial charge in [-0.1, -0.05) is 55.8 Å². The third kappa shape index (κ3) is 6.40. The lowest BCUT2D eigenvalue weighted by Gasteiger charge is -2.02.